The number of imidazole rings is 2. The number of nitrogens with two attached hydrogens (primary N) is 1. The van der Waals surface area contributed by atoms with Gasteiger partial charge in [-0.05, 0) is 37.5 Å². The second kappa shape index (κ2) is 7.06. The van der Waals surface area contributed by atoms with E-state index in [9.17, 15) is 9.90 Å². The first-order chi connectivity index (χ1) is 14.5. The van der Waals surface area contributed by atoms with E-state index < -0.39 is 6.10 Å². The lowest BCUT2D eigenvalue weighted by Gasteiger charge is -2.40. The highest BCUT2D eigenvalue weighted by atomic mass is 16.3. The van der Waals surface area contributed by atoms with Crippen LogP contribution in [0, 0.1) is 0 Å². The van der Waals surface area contributed by atoms with Crippen molar-refractivity contribution in [2.75, 3.05) is 12.8 Å². The molecule has 4 aromatic rings. The molecule has 1 aliphatic rings. The molecular formula is C20H22N8O2. The molecule has 154 valence electrons. The number of aromatic nitrogens is 6. The fraction of sp³-hybridized carbons (Fsp3) is 0.350. The Balaban J connectivity index is 1.42. The van der Waals surface area contributed by atoms with Crippen LogP contribution in [0.1, 0.15) is 35.7 Å². The van der Waals surface area contributed by atoms with Crippen molar-refractivity contribution < 1.29 is 9.90 Å². The summed E-state index contributed by atoms with van der Waals surface area (Å²) in [5, 5.41) is 11.2. The Morgan fingerprint density at radius 1 is 1.27 bits per heavy atom. The molecule has 0 radical (unpaired) electrons. The summed E-state index contributed by atoms with van der Waals surface area (Å²) in [6.45, 7) is 0. The first kappa shape index (κ1) is 18.5. The van der Waals surface area contributed by atoms with E-state index in [1.54, 1.807) is 36.7 Å². The summed E-state index contributed by atoms with van der Waals surface area (Å²) in [6, 6.07) is 4.78. The number of amides is 1. The Hall–Kier alpha value is -3.53. The number of aromatic amines is 1. The van der Waals surface area contributed by atoms with Gasteiger partial charge < -0.3 is 25.3 Å². The second-order valence-electron chi connectivity index (χ2n) is 7.69. The average molecular weight is 406 g/mol. The van der Waals surface area contributed by atoms with Gasteiger partial charge in [0.25, 0.3) is 5.91 Å². The zero-order valence-corrected chi connectivity index (χ0v) is 16.4. The fourth-order valence-corrected chi connectivity index (χ4v) is 4.40. The van der Waals surface area contributed by atoms with Crippen LogP contribution in [0.2, 0.25) is 0 Å². The van der Waals surface area contributed by atoms with Crippen LogP contribution in [0.4, 0.5) is 5.82 Å². The molecule has 0 aliphatic heterocycles. The molecule has 1 saturated carbocycles. The number of carbonyl (C=O) groups is 1. The van der Waals surface area contributed by atoms with Crippen LogP contribution in [0.3, 0.4) is 0 Å². The minimum atomic E-state index is -0.767. The highest BCUT2D eigenvalue weighted by Crippen LogP contribution is 2.34. The third kappa shape index (κ3) is 2.88. The van der Waals surface area contributed by atoms with Crippen LogP contribution in [0.25, 0.3) is 22.2 Å². The minimum absolute atomic E-state index is 0.141. The summed E-state index contributed by atoms with van der Waals surface area (Å²) < 4.78 is 1.85. The molecule has 1 amide bonds. The zero-order chi connectivity index (χ0) is 20.8. The number of H-pyrrole nitrogens is 1. The lowest BCUT2D eigenvalue weighted by molar-refractivity contribution is 0.0000915. The molecule has 3 atom stereocenters. The van der Waals surface area contributed by atoms with Gasteiger partial charge in [-0.3, -0.25) is 4.79 Å². The van der Waals surface area contributed by atoms with E-state index in [0.717, 1.165) is 30.3 Å². The predicted octanol–water partition coefficient (Wildman–Crippen LogP) is 1.51. The van der Waals surface area contributed by atoms with Crippen molar-refractivity contribution in [3.05, 3.63) is 42.7 Å². The van der Waals surface area contributed by atoms with Gasteiger partial charge in [0.1, 0.15) is 11.8 Å². The lowest BCUT2D eigenvalue weighted by Crippen LogP contribution is -2.50. The Morgan fingerprint density at radius 3 is 3.00 bits per heavy atom. The molecule has 0 bridgehead atoms. The van der Waals surface area contributed by atoms with Gasteiger partial charge in [0, 0.05) is 12.6 Å². The van der Waals surface area contributed by atoms with Crippen molar-refractivity contribution in [2.45, 2.75) is 37.5 Å². The van der Waals surface area contributed by atoms with Crippen LogP contribution in [-0.4, -0.2) is 64.6 Å². The van der Waals surface area contributed by atoms with Gasteiger partial charge >= 0.3 is 0 Å². The summed E-state index contributed by atoms with van der Waals surface area (Å²) in [7, 11) is 1.74. The van der Waals surface area contributed by atoms with Crippen LogP contribution in [0.15, 0.2) is 37.2 Å². The number of anilines is 1. The normalized spacial score (nSPS) is 21.9. The summed E-state index contributed by atoms with van der Waals surface area (Å²) in [5.74, 6) is 0.167. The number of nitrogen functional groups attached to an aromatic ring is 1. The summed E-state index contributed by atoms with van der Waals surface area (Å²) >= 11 is 0. The maximum atomic E-state index is 13.1. The number of aliphatic hydroxyl groups is 1. The van der Waals surface area contributed by atoms with Gasteiger partial charge in [0.15, 0.2) is 11.5 Å². The van der Waals surface area contributed by atoms with E-state index in [1.165, 1.54) is 6.33 Å². The third-order valence-corrected chi connectivity index (χ3v) is 6.02. The van der Waals surface area contributed by atoms with E-state index >= 15 is 0 Å². The monoisotopic (exact) mass is 406 g/mol. The van der Waals surface area contributed by atoms with Crippen LogP contribution in [0.5, 0.6) is 0 Å². The van der Waals surface area contributed by atoms with E-state index in [0.29, 0.717) is 22.5 Å². The Labute approximate surface area is 171 Å². The molecule has 0 unspecified atom stereocenters. The van der Waals surface area contributed by atoms with Crippen molar-refractivity contribution in [3.63, 3.8) is 0 Å². The quantitative estimate of drug-likeness (QED) is 0.469. The summed E-state index contributed by atoms with van der Waals surface area (Å²) in [4.78, 5) is 34.6. The van der Waals surface area contributed by atoms with Crippen molar-refractivity contribution in [3.8, 4) is 0 Å². The van der Waals surface area contributed by atoms with Crippen molar-refractivity contribution in [1.82, 2.24) is 34.4 Å². The molecule has 5 rings (SSSR count). The second-order valence-corrected chi connectivity index (χ2v) is 7.69. The molecule has 1 aromatic carbocycles. The Bertz CT molecular complexity index is 1230. The molecular weight excluding hydrogens is 384 g/mol. The minimum Gasteiger partial charge on any atom is -0.389 e. The number of nitrogens with one attached hydrogen (secondary N) is 1. The number of hydrogen-bond donors (Lipinski definition) is 3. The first-order valence-electron chi connectivity index (χ1n) is 9.86. The maximum Gasteiger partial charge on any atom is 0.254 e. The number of rotatable bonds is 3. The highest BCUT2D eigenvalue weighted by molar-refractivity contribution is 5.97. The van der Waals surface area contributed by atoms with Crippen molar-refractivity contribution in [1.29, 1.82) is 0 Å². The number of likely N-dealkylation sites (N-methyl/N-ethyl adjacent to an activating group) is 1. The zero-order valence-electron chi connectivity index (χ0n) is 16.4. The van der Waals surface area contributed by atoms with Crippen LogP contribution < -0.4 is 5.73 Å². The van der Waals surface area contributed by atoms with E-state index in [2.05, 4.69) is 24.9 Å². The van der Waals surface area contributed by atoms with Crippen molar-refractivity contribution >= 4 is 33.9 Å². The Kier molecular flexibility index (Phi) is 4.35. The number of carbonyl (C=O) groups excluding carboxylic acids is 1. The Morgan fingerprint density at radius 2 is 2.13 bits per heavy atom. The topological polar surface area (TPSA) is 139 Å². The van der Waals surface area contributed by atoms with Gasteiger partial charge in [-0.2, -0.15) is 0 Å². The average Bonchev–Trinajstić information content (AvgIpc) is 3.40. The summed E-state index contributed by atoms with van der Waals surface area (Å²) in [6.07, 6.45) is 6.21. The molecule has 1 aliphatic carbocycles. The van der Waals surface area contributed by atoms with Gasteiger partial charge in [-0.25, -0.2) is 19.9 Å². The number of fused-ring (bicyclic) bond motifs is 2. The summed E-state index contributed by atoms with van der Waals surface area (Å²) in [5.41, 5.74) is 9.17. The molecule has 30 heavy (non-hydrogen) atoms. The first-order valence-corrected chi connectivity index (χ1v) is 9.86. The molecule has 3 aromatic heterocycles. The molecule has 4 N–H and O–H groups in total. The molecule has 10 nitrogen and oxygen atoms in total. The van der Waals surface area contributed by atoms with Crippen LogP contribution in [-0.2, 0) is 0 Å². The number of hydrogen-bond acceptors (Lipinski definition) is 7. The standard InChI is InChI=1S/C20H22N8O2/c1-27(20(30)11-5-6-12-13(7-11)23-8-22-12)14-3-2-4-15(17(14)29)28-10-26-16-18(21)24-9-25-19(16)28/h5-10,14-15,17,29H,2-4H2,1H3,(H,22,23)(H2,21,24,25)/t14-,15-,17-/m0/s1. The molecule has 0 saturated heterocycles. The molecule has 3 heterocycles. The smallest absolute Gasteiger partial charge is 0.254 e. The lowest BCUT2D eigenvalue weighted by atomic mass is 9.86. The SMILES string of the molecule is CN(C(=O)c1ccc2nc[nH]c2c1)[C@H]1CCC[C@H](n2cnc3c(N)ncnc32)[C@H]1O. The maximum absolute atomic E-state index is 13.1. The van der Waals surface area contributed by atoms with E-state index in [4.69, 9.17) is 5.73 Å². The van der Waals surface area contributed by atoms with Crippen molar-refractivity contribution in [2.24, 2.45) is 0 Å². The van der Waals surface area contributed by atoms with E-state index in [1.807, 2.05) is 10.6 Å². The third-order valence-electron chi connectivity index (χ3n) is 6.02. The fourth-order valence-electron chi connectivity index (χ4n) is 4.40. The number of benzene rings is 1. The van der Waals surface area contributed by atoms with Gasteiger partial charge in [-0.15, -0.1) is 0 Å². The van der Waals surface area contributed by atoms with Crippen LogP contribution >= 0.6 is 0 Å². The molecule has 10 heteroatoms. The van der Waals surface area contributed by atoms with Gasteiger partial charge in [0.2, 0.25) is 0 Å². The van der Waals surface area contributed by atoms with Gasteiger partial charge in [-0.1, -0.05) is 0 Å². The van der Waals surface area contributed by atoms with E-state index in [-0.39, 0.29) is 18.0 Å². The highest BCUT2D eigenvalue weighted by Gasteiger charge is 2.38. The number of aliphatic hydroxyl groups excluding tert-OH is 1. The molecule has 1 fully saturated rings. The molecule has 0 spiro atoms. The predicted molar refractivity (Wildman–Crippen MR) is 111 cm³/mol. The largest absolute Gasteiger partial charge is 0.389 e. The van der Waals surface area contributed by atoms with Gasteiger partial charge in [0.05, 0.1) is 41.9 Å². The number of nitrogens with zero attached hydrogens (tertiary/aromatic N) is 6.